The first kappa shape index (κ1) is 12.0. The number of hydrogen-bond acceptors (Lipinski definition) is 2. The van der Waals surface area contributed by atoms with Gasteiger partial charge in [-0.1, -0.05) is 6.07 Å². The minimum Gasteiger partial charge on any atom is -0.398 e. The average Bonchev–Trinajstić information content (AvgIpc) is 3.06. The fourth-order valence-electron chi connectivity index (χ4n) is 2.08. The summed E-state index contributed by atoms with van der Waals surface area (Å²) in [5, 5.41) is 0. The Morgan fingerprint density at radius 1 is 1.35 bits per heavy atom. The molecular weight excluding hydrogens is 212 g/mol. The van der Waals surface area contributed by atoms with E-state index >= 15 is 0 Å². The number of benzene rings is 1. The lowest BCUT2D eigenvalue weighted by Crippen LogP contribution is -2.29. The van der Waals surface area contributed by atoms with Crippen LogP contribution in [0.25, 0.3) is 0 Å². The van der Waals surface area contributed by atoms with Crippen LogP contribution in [0, 0.1) is 19.8 Å². The third-order valence-electron chi connectivity index (χ3n) is 3.42. The first-order valence-electron chi connectivity index (χ1n) is 6.11. The predicted molar refractivity (Wildman–Crippen MR) is 70.0 cm³/mol. The van der Waals surface area contributed by atoms with E-state index in [1.54, 1.807) is 6.07 Å². The summed E-state index contributed by atoms with van der Waals surface area (Å²) in [4.78, 5) is 14.1. The molecule has 0 unspecified atom stereocenters. The first-order chi connectivity index (χ1) is 7.99. The second kappa shape index (κ2) is 4.40. The summed E-state index contributed by atoms with van der Waals surface area (Å²) in [5.41, 5.74) is 9.33. The Kier molecular flexibility index (Phi) is 3.09. The molecule has 0 atom stereocenters. The Balaban J connectivity index is 2.20. The molecule has 2 rings (SSSR count). The van der Waals surface area contributed by atoms with Crippen molar-refractivity contribution in [2.75, 3.05) is 19.3 Å². The summed E-state index contributed by atoms with van der Waals surface area (Å²) in [7, 11) is 1.87. The normalized spacial score (nSPS) is 14.8. The van der Waals surface area contributed by atoms with Gasteiger partial charge in [-0.2, -0.15) is 0 Å². The lowest BCUT2D eigenvalue weighted by Gasteiger charge is -2.18. The maximum Gasteiger partial charge on any atom is 0.253 e. The Labute approximate surface area is 103 Å². The second-order valence-corrected chi connectivity index (χ2v) is 5.15. The van der Waals surface area contributed by atoms with Crippen molar-refractivity contribution in [3.63, 3.8) is 0 Å². The van der Waals surface area contributed by atoms with Crippen molar-refractivity contribution in [1.82, 2.24) is 4.90 Å². The lowest BCUT2D eigenvalue weighted by molar-refractivity contribution is 0.0788. The van der Waals surface area contributed by atoms with Crippen LogP contribution >= 0.6 is 0 Å². The SMILES string of the molecule is Cc1cc(C)c(C(=O)N(C)CC2CC2)cc1N. The number of aryl methyl sites for hydroxylation is 2. The van der Waals surface area contributed by atoms with E-state index in [0.29, 0.717) is 11.6 Å². The molecule has 0 aliphatic heterocycles. The van der Waals surface area contributed by atoms with E-state index in [1.807, 2.05) is 31.9 Å². The van der Waals surface area contributed by atoms with E-state index in [2.05, 4.69) is 0 Å². The molecule has 1 aliphatic carbocycles. The number of carbonyl (C=O) groups is 1. The maximum atomic E-state index is 12.3. The molecule has 0 radical (unpaired) electrons. The average molecular weight is 232 g/mol. The zero-order valence-electron chi connectivity index (χ0n) is 10.8. The highest BCUT2D eigenvalue weighted by molar-refractivity contribution is 5.96. The third-order valence-corrected chi connectivity index (χ3v) is 3.42. The number of nitrogen functional groups attached to an aromatic ring is 1. The summed E-state index contributed by atoms with van der Waals surface area (Å²) in [6, 6.07) is 3.78. The summed E-state index contributed by atoms with van der Waals surface area (Å²) < 4.78 is 0. The molecule has 3 nitrogen and oxygen atoms in total. The van der Waals surface area contributed by atoms with Gasteiger partial charge in [0, 0.05) is 24.8 Å². The lowest BCUT2D eigenvalue weighted by atomic mass is 10.0. The van der Waals surface area contributed by atoms with Crippen molar-refractivity contribution in [1.29, 1.82) is 0 Å². The molecule has 0 heterocycles. The highest BCUT2D eigenvalue weighted by atomic mass is 16.2. The van der Waals surface area contributed by atoms with Crippen LogP contribution in [-0.4, -0.2) is 24.4 Å². The zero-order chi connectivity index (χ0) is 12.6. The highest BCUT2D eigenvalue weighted by Gasteiger charge is 2.25. The number of nitrogens with two attached hydrogens (primary N) is 1. The number of anilines is 1. The van der Waals surface area contributed by atoms with Crippen LogP contribution in [0.4, 0.5) is 5.69 Å². The molecule has 1 fully saturated rings. The molecule has 0 aromatic heterocycles. The minimum atomic E-state index is 0.0844. The quantitative estimate of drug-likeness (QED) is 0.813. The molecule has 0 spiro atoms. The van der Waals surface area contributed by atoms with Gasteiger partial charge in [-0.25, -0.2) is 0 Å². The van der Waals surface area contributed by atoms with Crippen LogP contribution in [0.1, 0.15) is 34.3 Å². The van der Waals surface area contributed by atoms with E-state index in [1.165, 1.54) is 12.8 Å². The molecule has 1 aromatic rings. The molecule has 0 saturated heterocycles. The summed E-state index contributed by atoms with van der Waals surface area (Å²) in [5.74, 6) is 0.799. The van der Waals surface area contributed by atoms with Gasteiger partial charge >= 0.3 is 0 Å². The van der Waals surface area contributed by atoms with E-state index in [9.17, 15) is 4.79 Å². The van der Waals surface area contributed by atoms with Gasteiger partial charge in [-0.05, 0) is 49.8 Å². The number of carbonyl (C=O) groups excluding carboxylic acids is 1. The summed E-state index contributed by atoms with van der Waals surface area (Å²) >= 11 is 0. The van der Waals surface area contributed by atoms with Crippen molar-refractivity contribution in [2.24, 2.45) is 5.92 Å². The van der Waals surface area contributed by atoms with E-state index in [-0.39, 0.29) is 5.91 Å². The molecule has 3 heteroatoms. The molecule has 1 saturated carbocycles. The van der Waals surface area contributed by atoms with Gasteiger partial charge in [0.15, 0.2) is 0 Å². The maximum absolute atomic E-state index is 12.3. The third kappa shape index (κ3) is 2.60. The van der Waals surface area contributed by atoms with Gasteiger partial charge in [0.25, 0.3) is 5.91 Å². The zero-order valence-corrected chi connectivity index (χ0v) is 10.8. The van der Waals surface area contributed by atoms with Crippen LogP contribution in [0.3, 0.4) is 0 Å². The molecular formula is C14H20N2O. The molecule has 1 aliphatic rings. The van der Waals surface area contributed by atoms with Gasteiger partial charge in [-0.15, -0.1) is 0 Å². The predicted octanol–water partition coefficient (Wildman–Crippen LogP) is 2.37. The van der Waals surface area contributed by atoms with Gasteiger partial charge in [0.1, 0.15) is 0 Å². The Morgan fingerprint density at radius 2 is 2.00 bits per heavy atom. The van der Waals surface area contributed by atoms with Crippen LogP contribution in [0.2, 0.25) is 0 Å². The van der Waals surface area contributed by atoms with Crippen LogP contribution in [0.5, 0.6) is 0 Å². The first-order valence-corrected chi connectivity index (χ1v) is 6.11. The molecule has 1 amide bonds. The van der Waals surface area contributed by atoms with Gasteiger partial charge in [0.2, 0.25) is 0 Å². The minimum absolute atomic E-state index is 0.0844. The fourth-order valence-corrected chi connectivity index (χ4v) is 2.08. The topological polar surface area (TPSA) is 46.3 Å². The second-order valence-electron chi connectivity index (χ2n) is 5.15. The van der Waals surface area contributed by atoms with Crippen LogP contribution in [0.15, 0.2) is 12.1 Å². The number of nitrogens with zero attached hydrogens (tertiary/aromatic N) is 1. The van der Waals surface area contributed by atoms with E-state index in [0.717, 1.165) is 23.2 Å². The van der Waals surface area contributed by atoms with Crippen LogP contribution < -0.4 is 5.73 Å². The van der Waals surface area contributed by atoms with Crippen molar-refractivity contribution in [3.05, 3.63) is 28.8 Å². The Bertz CT molecular complexity index is 450. The summed E-state index contributed by atoms with van der Waals surface area (Å²) in [6.45, 7) is 4.79. The number of hydrogen-bond donors (Lipinski definition) is 1. The monoisotopic (exact) mass is 232 g/mol. The summed E-state index contributed by atoms with van der Waals surface area (Å²) in [6.07, 6.45) is 2.51. The van der Waals surface area contributed by atoms with Gasteiger partial charge in [-0.3, -0.25) is 4.79 Å². The Hall–Kier alpha value is -1.51. The highest BCUT2D eigenvalue weighted by Crippen LogP contribution is 2.30. The van der Waals surface area contributed by atoms with Crippen molar-refractivity contribution in [3.8, 4) is 0 Å². The van der Waals surface area contributed by atoms with Crippen molar-refractivity contribution < 1.29 is 4.79 Å². The molecule has 0 bridgehead atoms. The number of rotatable bonds is 3. The van der Waals surface area contributed by atoms with Crippen molar-refractivity contribution >= 4 is 11.6 Å². The van der Waals surface area contributed by atoms with E-state index < -0.39 is 0 Å². The molecule has 2 N–H and O–H groups in total. The van der Waals surface area contributed by atoms with Gasteiger partial charge < -0.3 is 10.6 Å². The standard InChI is InChI=1S/C14H20N2O/c1-9-6-10(2)13(15)7-12(9)14(17)16(3)8-11-4-5-11/h6-7,11H,4-5,8,15H2,1-3H3. The molecule has 17 heavy (non-hydrogen) atoms. The van der Waals surface area contributed by atoms with E-state index in [4.69, 9.17) is 5.73 Å². The Morgan fingerprint density at radius 3 is 2.59 bits per heavy atom. The smallest absolute Gasteiger partial charge is 0.253 e. The largest absolute Gasteiger partial charge is 0.398 e. The fraction of sp³-hybridized carbons (Fsp3) is 0.500. The van der Waals surface area contributed by atoms with Crippen LogP contribution in [-0.2, 0) is 0 Å². The molecule has 1 aromatic carbocycles. The number of amides is 1. The van der Waals surface area contributed by atoms with Gasteiger partial charge in [0.05, 0.1) is 0 Å². The molecule has 92 valence electrons. The van der Waals surface area contributed by atoms with Crippen molar-refractivity contribution in [2.45, 2.75) is 26.7 Å².